The topological polar surface area (TPSA) is 57.4 Å². The number of anilines is 1. The molecule has 1 aromatic heterocycles. The molecule has 14 heavy (non-hydrogen) atoms. The molecule has 1 aromatic rings. The number of nitrogens with two attached hydrogens (primary N) is 1. The molecule has 0 spiro atoms. The predicted octanol–water partition coefficient (Wildman–Crippen LogP) is 1.22. The van der Waals surface area contributed by atoms with Crippen LogP contribution in [-0.4, -0.2) is 24.3 Å². The van der Waals surface area contributed by atoms with Gasteiger partial charge in [0.05, 0.1) is 13.2 Å². The van der Waals surface area contributed by atoms with Crippen molar-refractivity contribution in [3.8, 4) is 5.88 Å². The number of hydrogen-bond acceptors (Lipinski definition) is 4. The molecule has 0 saturated carbocycles. The second-order valence-corrected chi connectivity index (χ2v) is 3.36. The lowest BCUT2D eigenvalue weighted by molar-refractivity contribution is 0.0238. The largest absolute Gasteiger partial charge is 0.474 e. The van der Waals surface area contributed by atoms with Crippen LogP contribution in [0.1, 0.15) is 12.8 Å². The van der Waals surface area contributed by atoms with Gasteiger partial charge in [-0.3, -0.25) is 0 Å². The van der Waals surface area contributed by atoms with Gasteiger partial charge in [0.15, 0.2) is 0 Å². The Hall–Kier alpha value is -1.29. The van der Waals surface area contributed by atoms with E-state index in [9.17, 15) is 0 Å². The summed E-state index contributed by atoms with van der Waals surface area (Å²) in [5, 5.41) is 0. The van der Waals surface area contributed by atoms with Gasteiger partial charge in [0.25, 0.3) is 0 Å². The molecule has 0 atom stereocenters. The van der Waals surface area contributed by atoms with E-state index in [2.05, 4.69) is 4.98 Å². The molecule has 0 aromatic carbocycles. The van der Waals surface area contributed by atoms with Gasteiger partial charge < -0.3 is 15.2 Å². The molecule has 0 aliphatic carbocycles. The average molecular weight is 194 g/mol. The number of ether oxygens (including phenoxy) is 2. The smallest absolute Gasteiger partial charge is 0.215 e. The molecule has 1 aliphatic heterocycles. The standard InChI is InChI=1S/C10H14N2O2/c11-8-1-4-12-10(7-8)14-9-2-5-13-6-3-9/h1,4,7,9H,2-3,5-6H2,(H2,11,12). The third-order valence-corrected chi connectivity index (χ3v) is 2.21. The van der Waals surface area contributed by atoms with Gasteiger partial charge in [0, 0.05) is 30.8 Å². The molecule has 2 heterocycles. The van der Waals surface area contributed by atoms with E-state index < -0.39 is 0 Å². The van der Waals surface area contributed by atoms with Gasteiger partial charge in [-0.25, -0.2) is 4.98 Å². The highest BCUT2D eigenvalue weighted by molar-refractivity contribution is 5.39. The number of nitrogens with zero attached hydrogens (tertiary/aromatic N) is 1. The van der Waals surface area contributed by atoms with E-state index >= 15 is 0 Å². The first kappa shape index (κ1) is 9.27. The summed E-state index contributed by atoms with van der Waals surface area (Å²) in [4.78, 5) is 4.09. The van der Waals surface area contributed by atoms with E-state index in [1.165, 1.54) is 0 Å². The van der Waals surface area contributed by atoms with Crippen LogP contribution >= 0.6 is 0 Å². The Morgan fingerprint density at radius 1 is 1.43 bits per heavy atom. The normalized spacial score (nSPS) is 18.0. The molecular weight excluding hydrogens is 180 g/mol. The van der Waals surface area contributed by atoms with Gasteiger partial charge in [0.2, 0.25) is 5.88 Å². The van der Waals surface area contributed by atoms with Crippen molar-refractivity contribution < 1.29 is 9.47 Å². The van der Waals surface area contributed by atoms with Gasteiger partial charge in [-0.2, -0.15) is 0 Å². The van der Waals surface area contributed by atoms with Crippen LogP contribution in [0.4, 0.5) is 5.69 Å². The van der Waals surface area contributed by atoms with Crippen LogP contribution in [0.5, 0.6) is 5.88 Å². The van der Waals surface area contributed by atoms with Gasteiger partial charge in [-0.15, -0.1) is 0 Å². The predicted molar refractivity (Wildman–Crippen MR) is 53.1 cm³/mol. The Morgan fingerprint density at radius 3 is 2.93 bits per heavy atom. The third kappa shape index (κ3) is 2.35. The van der Waals surface area contributed by atoms with Gasteiger partial charge in [-0.1, -0.05) is 0 Å². The molecule has 2 N–H and O–H groups in total. The molecule has 1 saturated heterocycles. The highest BCUT2D eigenvalue weighted by Crippen LogP contribution is 2.17. The molecule has 76 valence electrons. The Balaban J connectivity index is 1.95. The van der Waals surface area contributed by atoms with E-state index in [0.29, 0.717) is 11.6 Å². The Kier molecular flexibility index (Phi) is 2.84. The molecule has 1 aliphatic rings. The van der Waals surface area contributed by atoms with E-state index in [4.69, 9.17) is 15.2 Å². The molecular formula is C10H14N2O2. The van der Waals surface area contributed by atoms with Crippen LogP contribution in [0.3, 0.4) is 0 Å². The van der Waals surface area contributed by atoms with E-state index in [1.807, 2.05) is 0 Å². The number of aromatic nitrogens is 1. The summed E-state index contributed by atoms with van der Waals surface area (Å²) in [5.41, 5.74) is 6.30. The zero-order valence-corrected chi connectivity index (χ0v) is 7.98. The SMILES string of the molecule is Nc1ccnc(OC2CCOCC2)c1. The van der Waals surface area contributed by atoms with Crippen molar-refractivity contribution >= 4 is 5.69 Å². The van der Waals surface area contributed by atoms with Crippen LogP contribution in [0.15, 0.2) is 18.3 Å². The molecule has 2 rings (SSSR count). The fourth-order valence-electron chi connectivity index (χ4n) is 1.45. The molecule has 0 radical (unpaired) electrons. The van der Waals surface area contributed by atoms with Crippen molar-refractivity contribution in [2.45, 2.75) is 18.9 Å². The minimum Gasteiger partial charge on any atom is -0.474 e. The Morgan fingerprint density at radius 2 is 2.21 bits per heavy atom. The summed E-state index contributed by atoms with van der Waals surface area (Å²) in [6.07, 6.45) is 3.73. The lowest BCUT2D eigenvalue weighted by atomic mass is 10.1. The molecule has 1 fully saturated rings. The monoisotopic (exact) mass is 194 g/mol. The second kappa shape index (κ2) is 4.28. The van der Waals surface area contributed by atoms with Crippen LogP contribution in [0, 0.1) is 0 Å². The van der Waals surface area contributed by atoms with Gasteiger partial charge in [0.1, 0.15) is 6.10 Å². The molecule has 4 heteroatoms. The summed E-state index contributed by atoms with van der Waals surface area (Å²) in [7, 11) is 0. The van der Waals surface area contributed by atoms with E-state index in [1.54, 1.807) is 18.3 Å². The van der Waals surface area contributed by atoms with Crippen LogP contribution in [-0.2, 0) is 4.74 Å². The molecule has 4 nitrogen and oxygen atoms in total. The second-order valence-electron chi connectivity index (χ2n) is 3.36. The molecule has 0 unspecified atom stereocenters. The zero-order valence-electron chi connectivity index (χ0n) is 7.98. The Labute approximate surface area is 83.0 Å². The lowest BCUT2D eigenvalue weighted by Crippen LogP contribution is -2.26. The first-order valence-electron chi connectivity index (χ1n) is 4.80. The fraction of sp³-hybridized carbons (Fsp3) is 0.500. The van der Waals surface area contributed by atoms with Crippen molar-refractivity contribution in [3.63, 3.8) is 0 Å². The maximum absolute atomic E-state index is 5.66. The number of rotatable bonds is 2. The van der Waals surface area contributed by atoms with Crippen molar-refractivity contribution in [3.05, 3.63) is 18.3 Å². The molecule has 0 bridgehead atoms. The maximum Gasteiger partial charge on any atom is 0.215 e. The summed E-state index contributed by atoms with van der Waals surface area (Å²) in [5.74, 6) is 0.608. The van der Waals surface area contributed by atoms with Crippen LogP contribution in [0.2, 0.25) is 0 Å². The number of hydrogen-bond donors (Lipinski definition) is 1. The van der Waals surface area contributed by atoms with Gasteiger partial charge >= 0.3 is 0 Å². The highest BCUT2D eigenvalue weighted by atomic mass is 16.5. The fourth-order valence-corrected chi connectivity index (χ4v) is 1.45. The molecule has 0 amide bonds. The van der Waals surface area contributed by atoms with Crippen LogP contribution < -0.4 is 10.5 Å². The van der Waals surface area contributed by atoms with E-state index in [-0.39, 0.29) is 6.10 Å². The summed E-state index contributed by atoms with van der Waals surface area (Å²) in [6.45, 7) is 1.54. The Bertz CT molecular complexity index is 298. The quantitative estimate of drug-likeness (QED) is 0.769. The van der Waals surface area contributed by atoms with Crippen molar-refractivity contribution in [2.24, 2.45) is 0 Å². The summed E-state index contributed by atoms with van der Waals surface area (Å²) < 4.78 is 10.9. The van der Waals surface area contributed by atoms with Gasteiger partial charge in [-0.05, 0) is 6.07 Å². The van der Waals surface area contributed by atoms with Crippen LogP contribution in [0.25, 0.3) is 0 Å². The van der Waals surface area contributed by atoms with Crippen molar-refractivity contribution in [1.29, 1.82) is 0 Å². The lowest BCUT2D eigenvalue weighted by Gasteiger charge is -2.22. The number of pyridine rings is 1. The van der Waals surface area contributed by atoms with Crippen molar-refractivity contribution in [2.75, 3.05) is 18.9 Å². The minimum atomic E-state index is 0.220. The zero-order chi connectivity index (χ0) is 9.80. The maximum atomic E-state index is 5.66. The first-order valence-corrected chi connectivity index (χ1v) is 4.80. The first-order chi connectivity index (χ1) is 6.84. The average Bonchev–Trinajstić information content (AvgIpc) is 2.19. The minimum absolute atomic E-state index is 0.220. The summed E-state index contributed by atoms with van der Waals surface area (Å²) in [6, 6.07) is 3.49. The van der Waals surface area contributed by atoms with E-state index in [0.717, 1.165) is 26.1 Å². The number of nitrogen functional groups attached to an aromatic ring is 1. The summed E-state index contributed by atoms with van der Waals surface area (Å²) >= 11 is 0. The highest BCUT2D eigenvalue weighted by Gasteiger charge is 2.15. The van der Waals surface area contributed by atoms with Crippen molar-refractivity contribution in [1.82, 2.24) is 4.98 Å². The third-order valence-electron chi connectivity index (χ3n) is 2.21.